The van der Waals surface area contributed by atoms with Crippen molar-refractivity contribution in [3.63, 3.8) is 0 Å². The van der Waals surface area contributed by atoms with Gasteiger partial charge in [0.1, 0.15) is 7.28 Å². The van der Waals surface area contributed by atoms with Crippen LogP contribution in [0.2, 0.25) is 0 Å². The van der Waals surface area contributed by atoms with Crippen molar-refractivity contribution in [3.8, 4) is 0 Å². The number of hydrogen-bond donors (Lipinski definition) is 1. The average molecular weight is 369 g/mol. The first kappa shape index (κ1) is 20.2. The van der Waals surface area contributed by atoms with Crippen molar-refractivity contribution in [1.82, 2.24) is 10.3 Å². The summed E-state index contributed by atoms with van der Waals surface area (Å²) in [4.78, 5) is 4.18. The molecule has 1 aromatic heterocycles. The van der Waals surface area contributed by atoms with Gasteiger partial charge < -0.3 is 5.32 Å². The molecular weight excluding hydrogens is 339 g/mol. The lowest BCUT2D eigenvalue weighted by Gasteiger charge is -2.28. The van der Waals surface area contributed by atoms with E-state index in [9.17, 15) is 0 Å². The molecule has 3 rings (SSSR count). The Kier molecular flexibility index (Phi) is 6.92. The summed E-state index contributed by atoms with van der Waals surface area (Å²) in [7, 11) is 2.38. The van der Waals surface area contributed by atoms with E-state index in [-0.39, 0.29) is 0 Å². The lowest BCUT2D eigenvalue weighted by molar-refractivity contribution is 0.681. The zero-order chi connectivity index (χ0) is 19.9. The van der Waals surface area contributed by atoms with Crippen LogP contribution in [-0.2, 0) is 12.7 Å². The van der Waals surface area contributed by atoms with E-state index in [0.717, 1.165) is 55.3 Å². The molecule has 1 unspecified atom stereocenters. The fourth-order valence-corrected chi connectivity index (χ4v) is 3.82. The Bertz CT molecular complexity index is 854. The van der Waals surface area contributed by atoms with Crippen LogP contribution in [0, 0.1) is 0 Å². The highest BCUT2D eigenvalue weighted by Crippen LogP contribution is 2.30. The molecular formula is C25H30BN2. The van der Waals surface area contributed by atoms with Gasteiger partial charge in [-0.1, -0.05) is 57.2 Å². The SMILES string of the molecule is C=C(CC)NC1[B]Cc2c(cccc2C(=C)CCCC(=C)c2cccnc2)C1. The van der Waals surface area contributed by atoms with Crippen LogP contribution in [0.5, 0.6) is 0 Å². The van der Waals surface area contributed by atoms with Crippen LogP contribution in [0.4, 0.5) is 0 Å². The van der Waals surface area contributed by atoms with Crippen LogP contribution in [0.1, 0.15) is 54.9 Å². The maximum absolute atomic E-state index is 4.40. The van der Waals surface area contributed by atoms with Gasteiger partial charge in [-0.2, -0.15) is 0 Å². The second-order valence-corrected chi connectivity index (χ2v) is 7.60. The second kappa shape index (κ2) is 9.59. The van der Waals surface area contributed by atoms with Crippen molar-refractivity contribution in [2.45, 2.75) is 51.3 Å². The normalized spacial score (nSPS) is 15.2. The van der Waals surface area contributed by atoms with Gasteiger partial charge in [-0.15, -0.1) is 0 Å². The van der Waals surface area contributed by atoms with E-state index in [2.05, 4.69) is 68.5 Å². The summed E-state index contributed by atoms with van der Waals surface area (Å²) in [5, 5.41) is 3.53. The van der Waals surface area contributed by atoms with Gasteiger partial charge >= 0.3 is 0 Å². The van der Waals surface area contributed by atoms with Crippen molar-refractivity contribution in [2.75, 3.05) is 0 Å². The van der Waals surface area contributed by atoms with Crippen LogP contribution in [0.15, 0.2) is 68.2 Å². The summed E-state index contributed by atoms with van der Waals surface area (Å²) < 4.78 is 0. The Balaban J connectivity index is 1.58. The highest BCUT2D eigenvalue weighted by Gasteiger charge is 2.22. The minimum Gasteiger partial charge on any atom is -0.394 e. The summed E-state index contributed by atoms with van der Waals surface area (Å²) in [5.74, 6) is 0.381. The van der Waals surface area contributed by atoms with Crippen LogP contribution < -0.4 is 5.32 Å². The maximum atomic E-state index is 4.40. The Labute approximate surface area is 170 Å². The average Bonchev–Trinajstić information content (AvgIpc) is 2.73. The van der Waals surface area contributed by atoms with Crippen molar-refractivity contribution in [1.29, 1.82) is 0 Å². The first-order valence-electron chi connectivity index (χ1n) is 10.2. The zero-order valence-electron chi connectivity index (χ0n) is 17.0. The minimum atomic E-state index is 0.381. The molecule has 1 aliphatic heterocycles. The monoisotopic (exact) mass is 369 g/mol. The third-order valence-electron chi connectivity index (χ3n) is 5.54. The van der Waals surface area contributed by atoms with Gasteiger partial charge in [-0.05, 0) is 77.5 Å². The summed E-state index contributed by atoms with van der Waals surface area (Å²) >= 11 is 0. The minimum absolute atomic E-state index is 0.381. The highest BCUT2D eigenvalue weighted by atomic mass is 14.9. The van der Waals surface area contributed by atoms with Crippen molar-refractivity contribution in [2.24, 2.45) is 0 Å². The molecule has 1 radical (unpaired) electrons. The molecule has 0 aliphatic carbocycles. The molecule has 0 saturated heterocycles. The van der Waals surface area contributed by atoms with Crippen LogP contribution in [-0.4, -0.2) is 18.2 Å². The number of pyridine rings is 1. The van der Waals surface area contributed by atoms with Gasteiger partial charge in [-0.25, -0.2) is 0 Å². The second-order valence-electron chi connectivity index (χ2n) is 7.60. The molecule has 1 atom stereocenters. The molecule has 0 fully saturated rings. The molecule has 143 valence electrons. The Morgan fingerprint density at radius 1 is 1.14 bits per heavy atom. The van der Waals surface area contributed by atoms with Gasteiger partial charge in [-0.3, -0.25) is 4.98 Å². The number of nitrogens with zero attached hydrogens (tertiary/aromatic N) is 1. The van der Waals surface area contributed by atoms with Crippen LogP contribution in [0.25, 0.3) is 11.1 Å². The Morgan fingerprint density at radius 2 is 1.96 bits per heavy atom. The quantitative estimate of drug-likeness (QED) is 0.584. The summed E-state index contributed by atoms with van der Waals surface area (Å²) in [6, 6.07) is 10.7. The number of nitrogens with one attached hydrogen (secondary N) is 1. The smallest absolute Gasteiger partial charge is 0.146 e. The van der Waals surface area contributed by atoms with E-state index in [1.807, 2.05) is 12.3 Å². The largest absolute Gasteiger partial charge is 0.394 e. The van der Waals surface area contributed by atoms with E-state index in [1.54, 1.807) is 6.20 Å². The number of benzene rings is 1. The van der Waals surface area contributed by atoms with Crippen molar-refractivity contribution in [3.05, 3.63) is 90.4 Å². The molecule has 0 spiro atoms. The Morgan fingerprint density at radius 3 is 2.71 bits per heavy atom. The van der Waals surface area contributed by atoms with E-state index in [1.165, 1.54) is 22.3 Å². The molecule has 1 N–H and O–H groups in total. The predicted octanol–water partition coefficient (Wildman–Crippen LogP) is 5.58. The first-order chi connectivity index (χ1) is 13.6. The molecule has 1 aromatic carbocycles. The van der Waals surface area contributed by atoms with E-state index in [0.29, 0.717) is 5.94 Å². The van der Waals surface area contributed by atoms with E-state index >= 15 is 0 Å². The highest BCUT2D eigenvalue weighted by molar-refractivity contribution is 6.38. The van der Waals surface area contributed by atoms with Gasteiger partial charge in [0.25, 0.3) is 0 Å². The summed E-state index contributed by atoms with van der Waals surface area (Å²) in [6.45, 7) is 14.8. The molecule has 0 bridgehead atoms. The molecule has 2 aromatic rings. The third-order valence-corrected chi connectivity index (χ3v) is 5.54. The lowest BCUT2D eigenvalue weighted by atomic mass is 9.57. The van der Waals surface area contributed by atoms with Gasteiger partial charge in [0.15, 0.2) is 0 Å². The molecule has 2 heterocycles. The maximum Gasteiger partial charge on any atom is 0.146 e. The summed E-state index contributed by atoms with van der Waals surface area (Å²) in [5.41, 5.74) is 8.82. The Hall–Kier alpha value is -2.55. The predicted molar refractivity (Wildman–Crippen MR) is 122 cm³/mol. The number of fused-ring (bicyclic) bond motifs is 1. The van der Waals surface area contributed by atoms with Gasteiger partial charge in [0.2, 0.25) is 0 Å². The van der Waals surface area contributed by atoms with E-state index < -0.39 is 0 Å². The number of hydrogen-bond acceptors (Lipinski definition) is 2. The molecule has 0 amide bonds. The van der Waals surface area contributed by atoms with Gasteiger partial charge in [0, 0.05) is 18.1 Å². The topological polar surface area (TPSA) is 24.9 Å². The van der Waals surface area contributed by atoms with Crippen molar-refractivity contribution < 1.29 is 0 Å². The first-order valence-corrected chi connectivity index (χ1v) is 10.2. The number of rotatable bonds is 9. The standard InChI is InChI=1S/C25H30BN2/c1-5-20(4)28-25-15-21-11-7-13-23(24(21)16-26-25)19(3)10-6-9-18(2)22-12-8-14-27-17-22/h7-8,11-14,17,25,28H,2-6,9-10,15-16H2,1H3. The summed E-state index contributed by atoms with van der Waals surface area (Å²) in [6.07, 6.45) is 9.68. The molecule has 2 nitrogen and oxygen atoms in total. The van der Waals surface area contributed by atoms with Crippen LogP contribution >= 0.6 is 0 Å². The number of aromatic nitrogens is 1. The van der Waals surface area contributed by atoms with E-state index in [4.69, 9.17) is 0 Å². The van der Waals surface area contributed by atoms with Gasteiger partial charge in [0.05, 0.1) is 0 Å². The fourth-order valence-electron chi connectivity index (χ4n) is 3.82. The number of allylic oxidation sites excluding steroid dienone is 3. The third kappa shape index (κ3) is 5.04. The molecule has 1 aliphatic rings. The zero-order valence-corrected chi connectivity index (χ0v) is 17.0. The fraction of sp³-hybridized carbons (Fsp3) is 0.320. The van der Waals surface area contributed by atoms with Crippen molar-refractivity contribution >= 4 is 18.4 Å². The molecule has 3 heteroatoms. The molecule has 28 heavy (non-hydrogen) atoms. The lowest BCUT2D eigenvalue weighted by Crippen LogP contribution is -2.40. The molecule has 0 saturated carbocycles. The van der Waals surface area contributed by atoms with Crippen LogP contribution in [0.3, 0.4) is 0 Å².